The number of nitrogens with zero attached hydrogens (tertiary/aromatic N) is 4. The summed E-state index contributed by atoms with van der Waals surface area (Å²) in [7, 11) is 0. The molecule has 1 aliphatic carbocycles. The monoisotopic (exact) mass is 291 g/mol. The topological polar surface area (TPSA) is 78.7 Å². The molecule has 0 spiro atoms. The van der Waals surface area contributed by atoms with E-state index in [4.69, 9.17) is 5.73 Å². The number of hydrogen-bond donors (Lipinski definition) is 1. The van der Waals surface area contributed by atoms with Crippen molar-refractivity contribution in [1.82, 2.24) is 19.3 Å². The van der Waals surface area contributed by atoms with Crippen LogP contribution in [-0.2, 0) is 13.1 Å². The Morgan fingerprint density at radius 3 is 2.90 bits per heavy atom. The van der Waals surface area contributed by atoms with Crippen molar-refractivity contribution in [3.63, 3.8) is 0 Å². The van der Waals surface area contributed by atoms with Crippen LogP contribution in [0.4, 0.5) is 0 Å². The third-order valence-corrected chi connectivity index (χ3v) is 4.22. The van der Waals surface area contributed by atoms with Gasteiger partial charge in [-0.15, -0.1) is 10.2 Å². The molecule has 2 N–H and O–H groups in total. The summed E-state index contributed by atoms with van der Waals surface area (Å²) in [5.41, 5.74) is 5.72. The summed E-state index contributed by atoms with van der Waals surface area (Å²) >= 11 is 1.63. The molecule has 6 nitrogen and oxygen atoms in total. The van der Waals surface area contributed by atoms with Crippen LogP contribution in [0.25, 0.3) is 0 Å². The van der Waals surface area contributed by atoms with Gasteiger partial charge in [0.15, 0.2) is 5.16 Å². The first-order chi connectivity index (χ1) is 9.79. The summed E-state index contributed by atoms with van der Waals surface area (Å²) in [6.45, 7) is 1.09. The fourth-order valence-electron chi connectivity index (χ4n) is 2.13. The molecule has 106 valence electrons. The molecular formula is C13H17N5OS. The number of hydrogen-bond acceptors (Lipinski definition) is 5. The Morgan fingerprint density at radius 1 is 1.35 bits per heavy atom. The van der Waals surface area contributed by atoms with Gasteiger partial charge in [0.1, 0.15) is 5.82 Å². The molecule has 0 atom stereocenters. The number of aromatic nitrogens is 4. The minimum absolute atomic E-state index is 0.0272. The minimum atomic E-state index is 0.0272. The largest absolute Gasteiger partial charge is 0.324 e. The van der Waals surface area contributed by atoms with Crippen molar-refractivity contribution in [1.29, 1.82) is 0 Å². The van der Waals surface area contributed by atoms with Gasteiger partial charge in [-0.05, 0) is 18.9 Å². The van der Waals surface area contributed by atoms with E-state index in [0.29, 0.717) is 19.1 Å². The molecule has 0 saturated heterocycles. The zero-order valence-electron chi connectivity index (χ0n) is 11.1. The molecule has 2 heterocycles. The lowest BCUT2D eigenvalue weighted by molar-refractivity contribution is 0.625. The first-order valence-electron chi connectivity index (χ1n) is 6.71. The van der Waals surface area contributed by atoms with Crippen LogP contribution in [0.1, 0.15) is 24.7 Å². The van der Waals surface area contributed by atoms with E-state index in [1.807, 2.05) is 6.07 Å². The standard InChI is InChI=1S/C13H17N5OS/c14-9-11-15-16-13(18(11)10-4-5-10)20-8-7-17-6-2-1-3-12(17)19/h1-3,6,10H,4-5,7-9,14H2. The van der Waals surface area contributed by atoms with Crippen LogP contribution >= 0.6 is 11.8 Å². The number of rotatable bonds is 6. The Kier molecular flexibility index (Phi) is 3.88. The molecule has 7 heteroatoms. The molecule has 0 aliphatic heterocycles. The molecule has 20 heavy (non-hydrogen) atoms. The van der Waals surface area contributed by atoms with Crippen LogP contribution in [0.15, 0.2) is 34.3 Å². The maximum atomic E-state index is 11.6. The predicted molar refractivity (Wildman–Crippen MR) is 77.6 cm³/mol. The van der Waals surface area contributed by atoms with E-state index in [9.17, 15) is 4.79 Å². The van der Waals surface area contributed by atoms with Crippen molar-refractivity contribution in [3.05, 3.63) is 40.6 Å². The van der Waals surface area contributed by atoms with Crippen molar-refractivity contribution in [2.45, 2.75) is 37.1 Å². The highest BCUT2D eigenvalue weighted by Crippen LogP contribution is 2.38. The summed E-state index contributed by atoms with van der Waals surface area (Å²) in [6, 6.07) is 5.71. The summed E-state index contributed by atoms with van der Waals surface area (Å²) in [4.78, 5) is 11.6. The smallest absolute Gasteiger partial charge is 0.250 e. The Hall–Kier alpha value is -1.60. The van der Waals surface area contributed by atoms with Crippen molar-refractivity contribution in [3.8, 4) is 0 Å². The van der Waals surface area contributed by atoms with Gasteiger partial charge in [0, 0.05) is 30.6 Å². The fourth-order valence-corrected chi connectivity index (χ4v) is 3.09. The van der Waals surface area contributed by atoms with Gasteiger partial charge in [-0.3, -0.25) is 4.79 Å². The van der Waals surface area contributed by atoms with Crippen LogP contribution in [0.2, 0.25) is 0 Å². The Balaban J connectivity index is 1.66. The zero-order chi connectivity index (χ0) is 13.9. The molecule has 1 fully saturated rings. The van der Waals surface area contributed by atoms with Gasteiger partial charge in [-0.2, -0.15) is 0 Å². The summed E-state index contributed by atoms with van der Waals surface area (Å²) in [5, 5.41) is 9.26. The highest BCUT2D eigenvalue weighted by Gasteiger charge is 2.28. The number of aryl methyl sites for hydroxylation is 1. The van der Waals surface area contributed by atoms with E-state index in [0.717, 1.165) is 16.7 Å². The second kappa shape index (κ2) is 5.80. The molecular weight excluding hydrogens is 274 g/mol. The normalized spacial score (nSPS) is 14.7. The Labute approximate surface area is 121 Å². The lowest BCUT2D eigenvalue weighted by Gasteiger charge is -2.08. The molecule has 0 bridgehead atoms. The van der Waals surface area contributed by atoms with Crippen molar-refractivity contribution in [2.75, 3.05) is 5.75 Å². The second-order valence-corrected chi connectivity index (χ2v) is 5.85. The molecule has 0 unspecified atom stereocenters. The molecule has 0 radical (unpaired) electrons. The number of pyridine rings is 1. The van der Waals surface area contributed by atoms with Gasteiger partial charge in [-0.1, -0.05) is 17.8 Å². The summed E-state index contributed by atoms with van der Waals surface area (Å²) < 4.78 is 3.85. The van der Waals surface area contributed by atoms with Crippen LogP contribution in [0.5, 0.6) is 0 Å². The van der Waals surface area contributed by atoms with Crippen molar-refractivity contribution in [2.24, 2.45) is 5.73 Å². The van der Waals surface area contributed by atoms with E-state index in [-0.39, 0.29) is 5.56 Å². The summed E-state index contributed by atoms with van der Waals surface area (Å²) in [6.07, 6.45) is 4.16. The van der Waals surface area contributed by atoms with E-state index >= 15 is 0 Å². The first kappa shape index (κ1) is 13.4. The lowest BCUT2D eigenvalue weighted by atomic mass is 10.5. The average molecular weight is 291 g/mol. The minimum Gasteiger partial charge on any atom is -0.324 e. The Bertz CT molecular complexity index is 646. The van der Waals surface area contributed by atoms with Gasteiger partial charge in [0.25, 0.3) is 5.56 Å². The zero-order valence-corrected chi connectivity index (χ0v) is 11.9. The van der Waals surface area contributed by atoms with Crippen LogP contribution in [0, 0.1) is 0 Å². The van der Waals surface area contributed by atoms with Gasteiger partial charge in [0.05, 0.1) is 6.54 Å². The molecule has 0 amide bonds. The van der Waals surface area contributed by atoms with Crippen LogP contribution in [-0.4, -0.2) is 25.1 Å². The summed E-state index contributed by atoms with van der Waals surface area (Å²) in [5.74, 6) is 1.64. The van der Waals surface area contributed by atoms with Gasteiger partial charge >= 0.3 is 0 Å². The highest BCUT2D eigenvalue weighted by atomic mass is 32.2. The van der Waals surface area contributed by atoms with Gasteiger partial charge < -0.3 is 14.9 Å². The second-order valence-electron chi connectivity index (χ2n) is 4.78. The molecule has 2 aromatic heterocycles. The van der Waals surface area contributed by atoms with E-state index < -0.39 is 0 Å². The quantitative estimate of drug-likeness (QED) is 0.804. The molecule has 2 aromatic rings. The maximum absolute atomic E-state index is 11.6. The average Bonchev–Trinajstić information content (AvgIpc) is 3.22. The Morgan fingerprint density at radius 2 is 2.20 bits per heavy atom. The maximum Gasteiger partial charge on any atom is 0.250 e. The number of nitrogens with two attached hydrogens (primary N) is 1. The molecule has 1 saturated carbocycles. The van der Waals surface area contributed by atoms with Crippen molar-refractivity contribution >= 4 is 11.8 Å². The highest BCUT2D eigenvalue weighted by molar-refractivity contribution is 7.99. The lowest BCUT2D eigenvalue weighted by Crippen LogP contribution is -2.18. The first-order valence-corrected chi connectivity index (χ1v) is 7.70. The van der Waals surface area contributed by atoms with E-state index in [2.05, 4.69) is 14.8 Å². The van der Waals surface area contributed by atoms with E-state index in [1.165, 1.54) is 12.8 Å². The molecule has 1 aliphatic rings. The third kappa shape index (κ3) is 2.78. The number of thioether (sulfide) groups is 1. The third-order valence-electron chi connectivity index (χ3n) is 3.29. The van der Waals surface area contributed by atoms with Crippen molar-refractivity contribution < 1.29 is 0 Å². The predicted octanol–water partition coefficient (Wildman–Crippen LogP) is 1.03. The van der Waals surface area contributed by atoms with Crippen LogP contribution < -0.4 is 11.3 Å². The SMILES string of the molecule is NCc1nnc(SCCn2ccccc2=O)n1C1CC1. The van der Waals surface area contributed by atoms with Gasteiger partial charge in [-0.25, -0.2) is 0 Å². The molecule has 0 aromatic carbocycles. The fraction of sp³-hybridized carbons (Fsp3) is 0.462. The van der Waals surface area contributed by atoms with Gasteiger partial charge in [0.2, 0.25) is 0 Å². The molecule has 3 rings (SSSR count). The van der Waals surface area contributed by atoms with Crippen LogP contribution in [0.3, 0.4) is 0 Å². The van der Waals surface area contributed by atoms with E-state index in [1.54, 1.807) is 34.7 Å².